The summed E-state index contributed by atoms with van der Waals surface area (Å²) in [5.74, 6) is -0.810. The third kappa shape index (κ3) is 9.04. The Morgan fingerprint density at radius 2 is 1.76 bits per heavy atom. The Labute approximate surface area is 198 Å². The standard InChI is InChI=1S/C25H41N3O5/c1-9-10-18(4)26-22(30)21(20-15-16(2)11-12-17(20)3)28(13-14-29)23(31)19(5)27-24(32)33-25(6,7)8/h11-12,15,18-19,21,29H,9-10,13-14H2,1-8H3,(H,26,30)(H,27,32). The van der Waals surface area contributed by atoms with Gasteiger partial charge in [0.15, 0.2) is 0 Å². The van der Waals surface area contributed by atoms with Crippen molar-refractivity contribution >= 4 is 17.9 Å². The molecule has 0 spiro atoms. The number of ether oxygens (including phenoxy) is 1. The van der Waals surface area contributed by atoms with Crippen molar-refractivity contribution in [2.75, 3.05) is 13.2 Å². The van der Waals surface area contributed by atoms with E-state index in [0.29, 0.717) is 5.56 Å². The zero-order valence-corrected chi connectivity index (χ0v) is 21.3. The minimum atomic E-state index is -0.958. The molecule has 0 saturated heterocycles. The molecule has 0 heterocycles. The number of rotatable bonds is 10. The normalized spacial score (nSPS) is 14.1. The fraction of sp³-hybridized carbons (Fsp3) is 0.640. The first-order chi connectivity index (χ1) is 15.3. The third-order valence-electron chi connectivity index (χ3n) is 5.13. The summed E-state index contributed by atoms with van der Waals surface area (Å²) in [5.41, 5.74) is 1.77. The molecule has 33 heavy (non-hydrogen) atoms. The maximum atomic E-state index is 13.4. The number of alkyl carbamates (subject to hydrolysis) is 1. The maximum Gasteiger partial charge on any atom is 0.408 e. The van der Waals surface area contributed by atoms with Crippen LogP contribution in [0.25, 0.3) is 0 Å². The van der Waals surface area contributed by atoms with Crippen molar-refractivity contribution < 1.29 is 24.2 Å². The van der Waals surface area contributed by atoms with Gasteiger partial charge in [-0.25, -0.2) is 4.79 Å². The van der Waals surface area contributed by atoms with E-state index in [2.05, 4.69) is 10.6 Å². The van der Waals surface area contributed by atoms with E-state index in [1.807, 2.05) is 45.9 Å². The number of hydrogen-bond acceptors (Lipinski definition) is 5. The molecule has 3 atom stereocenters. The molecule has 8 nitrogen and oxygen atoms in total. The first-order valence-corrected chi connectivity index (χ1v) is 11.6. The van der Waals surface area contributed by atoms with Gasteiger partial charge in [0.05, 0.1) is 6.61 Å². The second-order valence-corrected chi connectivity index (χ2v) is 9.58. The molecule has 3 N–H and O–H groups in total. The van der Waals surface area contributed by atoms with E-state index in [9.17, 15) is 19.5 Å². The zero-order chi connectivity index (χ0) is 25.3. The second kappa shape index (κ2) is 12.6. The van der Waals surface area contributed by atoms with Crippen molar-refractivity contribution in [1.29, 1.82) is 0 Å². The van der Waals surface area contributed by atoms with Gasteiger partial charge < -0.3 is 25.4 Å². The van der Waals surface area contributed by atoms with Crippen molar-refractivity contribution in [1.82, 2.24) is 15.5 Å². The largest absolute Gasteiger partial charge is 0.444 e. The molecule has 3 unspecified atom stereocenters. The molecule has 0 aliphatic rings. The molecule has 0 radical (unpaired) electrons. The van der Waals surface area contributed by atoms with Crippen LogP contribution in [0.1, 0.15) is 77.1 Å². The van der Waals surface area contributed by atoms with Gasteiger partial charge in [-0.1, -0.05) is 37.1 Å². The van der Waals surface area contributed by atoms with Crippen LogP contribution in [-0.2, 0) is 14.3 Å². The lowest BCUT2D eigenvalue weighted by Crippen LogP contribution is -2.53. The molecule has 0 aromatic heterocycles. The number of aliphatic hydroxyl groups excluding tert-OH is 1. The highest BCUT2D eigenvalue weighted by Crippen LogP contribution is 2.27. The number of aryl methyl sites for hydroxylation is 2. The number of benzene rings is 1. The molecule has 0 bridgehead atoms. The Morgan fingerprint density at radius 3 is 2.30 bits per heavy atom. The highest BCUT2D eigenvalue weighted by molar-refractivity contribution is 5.92. The Morgan fingerprint density at radius 1 is 1.12 bits per heavy atom. The van der Waals surface area contributed by atoms with Gasteiger partial charge in [-0.2, -0.15) is 0 Å². The minimum absolute atomic E-state index is 0.0627. The molecule has 0 fully saturated rings. The Bertz CT molecular complexity index is 819. The lowest BCUT2D eigenvalue weighted by molar-refractivity contribution is -0.143. The monoisotopic (exact) mass is 463 g/mol. The van der Waals surface area contributed by atoms with Crippen LogP contribution in [0.15, 0.2) is 18.2 Å². The Kier molecular flexibility index (Phi) is 10.8. The summed E-state index contributed by atoms with van der Waals surface area (Å²) in [6.45, 7) is 14.1. The zero-order valence-electron chi connectivity index (χ0n) is 21.3. The average Bonchev–Trinajstić information content (AvgIpc) is 2.68. The van der Waals surface area contributed by atoms with Crippen molar-refractivity contribution in [3.8, 4) is 0 Å². The van der Waals surface area contributed by atoms with Crippen LogP contribution in [0.4, 0.5) is 4.79 Å². The maximum absolute atomic E-state index is 13.4. The number of aliphatic hydroxyl groups is 1. The van der Waals surface area contributed by atoms with Gasteiger partial charge in [0.1, 0.15) is 17.7 Å². The molecule has 0 saturated carbocycles. The van der Waals surface area contributed by atoms with Crippen LogP contribution in [0.2, 0.25) is 0 Å². The van der Waals surface area contributed by atoms with E-state index >= 15 is 0 Å². The lowest BCUT2D eigenvalue weighted by Gasteiger charge is -2.34. The molecule has 0 aliphatic heterocycles. The van der Waals surface area contributed by atoms with Gasteiger partial charge in [-0.05, 0) is 66.0 Å². The number of carbonyl (C=O) groups is 3. The van der Waals surface area contributed by atoms with Crippen LogP contribution in [0, 0.1) is 13.8 Å². The van der Waals surface area contributed by atoms with Crippen molar-refractivity contribution in [3.05, 3.63) is 34.9 Å². The summed E-state index contributed by atoms with van der Waals surface area (Å²) in [5, 5.41) is 15.3. The van der Waals surface area contributed by atoms with E-state index < -0.39 is 29.7 Å². The van der Waals surface area contributed by atoms with Crippen LogP contribution < -0.4 is 10.6 Å². The van der Waals surface area contributed by atoms with Gasteiger partial charge in [-0.3, -0.25) is 9.59 Å². The van der Waals surface area contributed by atoms with Gasteiger partial charge in [0.2, 0.25) is 11.8 Å². The Balaban J connectivity index is 3.33. The molecule has 3 amide bonds. The summed E-state index contributed by atoms with van der Waals surface area (Å²) in [6.07, 6.45) is 0.984. The quantitative estimate of drug-likeness (QED) is 0.493. The van der Waals surface area contributed by atoms with Crippen LogP contribution in [0.3, 0.4) is 0 Å². The van der Waals surface area contributed by atoms with Crippen molar-refractivity contribution in [2.24, 2.45) is 0 Å². The van der Waals surface area contributed by atoms with Crippen molar-refractivity contribution in [3.63, 3.8) is 0 Å². The predicted octanol–water partition coefficient (Wildman–Crippen LogP) is 3.38. The molecule has 0 aliphatic carbocycles. The van der Waals surface area contributed by atoms with E-state index in [4.69, 9.17) is 4.74 Å². The summed E-state index contributed by atoms with van der Waals surface area (Å²) < 4.78 is 5.26. The number of nitrogens with one attached hydrogen (secondary N) is 2. The molecule has 8 heteroatoms. The summed E-state index contributed by atoms with van der Waals surface area (Å²) >= 11 is 0. The first kappa shape index (κ1) is 28.4. The first-order valence-electron chi connectivity index (χ1n) is 11.6. The molecular weight excluding hydrogens is 422 g/mol. The highest BCUT2D eigenvalue weighted by Gasteiger charge is 2.35. The molecular formula is C25H41N3O5. The lowest BCUT2D eigenvalue weighted by atomic mass is 9.96. The fourth-order valence-electron chi connectivity index (χ4n) is 3.60. The fourth-order valence-corrected chi connectivity index (χ4v) is 3.60. The van der Waals surface area contributed by atoms with E-state index in [-0.39, 0.29) is 25.1 Å². The average molecular weight is 464 g/mol. The highest BCUT2D eigenvalue weighted by atomic mass is 16.6. The van der Waals surface area contributed by atoms with Gasteiger partial charge in [0.25, 0.3) is 0 Å². The molecule has 1 aromatic carbocycles. The molecule has 1 aromatic rings. The topological polar surface area (TPSA) is 108 Å². The van der Waals surface area contributed by atoms with E-state index in [1.54, 1.807) is 20.8 Å². The molecule has 1 rings (SSSR count). The second-order valence-electron chi connectivity index (χ2n) is 9.58. The summed E-state index contributed by atoms with van der Waals surface area (Å²) in [7, 11) is 0. The summed E-state index contributed by atoms with van der Waals surface area (Å²) in [6, 6.07) is 3.75. The van der Waals surface area contributed by atoms with Crippen molar-refractivity contribution in [2.45, 2.75) is 92.0 Å². The SMILES string of the molecule is CCCC(C)NC(=O)C(c1cc(C)ccc1C)N(CCO)C(=O)C(C)NC(=O)OC(C)(C)C. The smallest absolute Gasteiger partial charge is 0.408 e. The van der Waals surface area contributed by atoms with E-state index in [0.717, 1.165) is 24.0 Å². The number of amides is 3. The number of carbonyl (C=O) groups excluding carboxylic acids is 3. The number of nitrogens with zero attached hydrogens (tertiary/aromatic N) is 1. The predicted molar refractivity (Wildman–Crippen MR) is 129 cm³/mol. The van der Waals surface area contributed by atoms with Gasteiger partial charge in [-0.15, -0.1) is 0 Å². The summed E-state index contributed by atoms with van der Waals surface area (Å²) in [4.78, 5) is 40.4. The van der Waals surface area contributed by atoms with Crippen LogP contribution in [-0.4, -0.2) is 58.8 Å². The van der Waals surface area contributed by atoms with E-state index in [1.165, 1.54) is 11.8 Å². The van der Waals surface area contributed by atoms with Gasteiger partial charge >= 0.3 is 6.09 Å². The van der Waals surface area contributed by atoms with Gasteiger partial charge in [0, 0.05) is 12.6 Å². The number of hydrogen-bond donors (Lipinski definition) is 3. The minimum Gasteiger partial charge on any atom is -0.444 e. The van der Waals surface area contributed by atoms with Crippen LogP contribution >= 0.6 is 0 Å². The third-order valence-corrected chi connectivity index (χ3v) is 5.13. The Hall–Kier alpha value is -2.61. The molecule has 186 valence electrons. The van der Waals surface area contributed by atoms with Crippen LogP contribution in [0.5, 0.6) is 0 Å².